The maximum atomic E-state index is 9.94. The quantitative estimate of drug-likeness (QED) is 0.508. The first-order valence-corrected chi connectivity index (χ1v) is 7.19. The number of hydrogen-bond acceptors (Lipinski definition) is 4. The highest BCUT2D eigenvalue weighted by atomic mass is 16.3. The molecule has 1 saturated carbocycles. The number of aliphatic hydroxyl groups excluding tert-OH is 1. The van der Waals surface area contributed by atoms with Gasteiger partial charge >= 0.3 is 0 Å². The summed E-state index contributed by atoms with van der Waals surface area (Å²) in [6.45, 7) is 1.39. The molecule has 0 bridgehead atoms. The van der Waals surface area contributed by atoms with Gasteiger partial charge in [-0.3, -0.25) is 4.99 Å². The van der Waals surface area contributed by atoms with E-state index in [1.165, 1.54) is 25.7 Å². The average molecular weight is 266 g/mol. The highest BCUT2D eigenvalue weighted by Crippen LogP contribution is 2.28. The van der Waals surface area contributed by atoms with Gasteiger partial charge < -0.3 is 21.1 Å². The van der Waals surface area contributed by atoms with Crippen molar-refractivity contribution in [2.75, 3.05) is 27.2 Å². The Labute approximate surface area is 115 Å². The van der Waals surface area contributed by atoms with Crippen LogP contribution < -0.4 is 11.1 Å². The molecule has 4 N–H and O–H groups in total. The molecule has 19 heavy (non-hydrogen) atoms. The van der Waals surface area contributed by atoms with Crippen LogP contribution in [-0.4, -0.2) is 55.2 Å². The number of amidine groups is 1. The van der Waals surface area contributed by atoms with E-state index in [9.17, 15) is 5.11 Å². The summed E-state index contributed by atoms with van der Waals surface area (Å²) in [4.78, 5) is 6.44. The molecule has 0 aromatic heterocycles. The average Bonchev–Trinajstić information content (AvgIpc) is 3.04. The van der Waals surface area contributed by atoms with Crippen molar-refractivity contribution in [1.29, 1.82) is 0 Å². The molecule has 5 nitrogen and oxygen atoms in total. The normalized spacial score (nSPS) is 30.4. The third-order valence-electron chi connectivity index (χ3n) is 4.34. The molecule has 1 heterocycles. The predicted molar refractivity (Wildman–Crippen MR) is 78.0 cm³/mol. The number of rotatable bonds is 3. The van der Waals surface area contributed by atoms with Crippen LogP contribution >= 0.6 is 0 Å². The van der Waals surface area contributed by atoms with Gasteiger partial charge in [0, 0.05) is 25.8 Å². The molecule has 2 atom stereocenters. The Balaban J connectivity index is 2.03. The van der Waals surface area contributed by atoms with Gasteiger partial charge in [0.1, 0.15) is 5.84 Å². The molecule has 108 valence electrons. The summed E-state index contributed by atoms with van der Waals surface area (Å²) in [6, 6.07) is 0.109. The summed E-state index contributed by atoms with van der Waals surface area (Å²) >= 11 is 0. The van der Waals surface area contributed by atoms with Gasteiger partial charge in [-0.15, -0.1) is 0 Å². The molecule has 0 amide bonds. The van der Waals surface area contributed by atoms with Crippen molar-refractivity contribution >= 4 is 5.84 Å². The van der Waals surface area contributed by atoms with E-state index in [2.05, 4.69) is 15.2 Å². The summed E-state index contributed by atoms with van der Waals surface area (Å²) in [6.07, 6.45) is 6.61. The lowest BCUT2D eigenvalue weighted by Crippen LogP contribution is -2.36. The van der Waals surface area contributed by atoms with Crippen LogP contribution in [-0.2, 0) is 0 Å². The van der Waals surface area contributed by atoms with Crippen molar-refractivity contribution in [3.05, 3.63) is 11.8 Å². The monoisotopic (exact) mass is 266 g/mol. The van der Waals surface area contributed by atoms with Crippen molar-refractivity contribution < 1.29 is 5.11 Å². The molecule has 5 heteroatoms. The van der Waals surface area contributed by atoms with E-state index >= 15 is 0 Å². The molecule has 0 radical (unpaired) electrons. The van der Waals surface area contributed by atoms with Crippen LogP contribution in [0.3, 0.4) is 0 Å². The van der Waals surface area contributed by atoms with E-state index in [1.807, 2.05) is 13.1 Å². The lowest BCUT2D eigenvalue weighted by Gasteiger charge is -2.19. The molecule has 1 saturated heterocycles. The number of likely N-dealkylation sites (tertiary alicyclic amines) is 1. The van der Waals surface area contributed by atoms with Gasteiger partial charge in [0.25, 0.3) is 0 Å². The van der Waals surface area contributed by atoms with E-state index < -0.39 is 0 Å². The lowest BCUT2D eigenvalue weighted by atomic mass is 10.0. The molecular formula is C14H26N4O. The zero-order valence-corrected chi connectivity index (χ0v) is 12.0. The number of allylic oxidation sites excluding steroid dienone is 1. The van der Waals surface area contributed by atoms with E-state index in [4.69, 9.17) is 5.73 Å². The molecule has 2 aliphatic rings. The number of aliphatic imine (C=N–C) groups is 1. The summed E-state index contributed by atoms with van der Waals surface area (Å²) < 4.78 is 0. The van der Waals surface area contributed by atoms with E-state index in [0.29, 0.717) is 12.5 Å². The SMILES string of the molecule is CN=C(C=C(N)C1CCCC1)N1CC(O)C(NC)C1. The van der Waals surface area contributed by atoms with Gasteiger partial charge in [0.15, 0.2) is 0 Å². The smallest absolute Gasteiger partial charge is 0.125 e. The minimum Gasteiger partial charge on any atom is -0.402 e. The first-order valence-electron chi connectivity index (χ1n) is 7.19. The fourth-order valence-electron chi connectivity index (χ4n) is 3.08. The largest absolute Gasteiger partial charge is 0.402 e. The Morgan fingerprint density at radius 1 is 1.37 bits per heavy atom. The van der Waals surface area contributed by atoms with Gasteiger partial charge in [-0.25, -0.2) is 0 Å². The van der Waals surface area contributed by atoms with Gasteiger partial charge in [-0.05, 0) is 31.9 Å². The lowest BCUT2D eigenvalue weighted by molar-refractivity contribution is 0.163. The van der Waals surface area contributed by atoms with Crippen molar-refractivity contribution in [2.45, 2.75) is 37.8 Å². The summed E-state index contributed by atoms with van der Waals surface area (Å²) in [5.74, 6) is 1.41. The summed E-state index contributed by atoms with van der Waals surface area (Å²) in [5, 5.41) is 13.1. The molecule has 1 aliphatic heterocycles. The van der Waals surface area contributed by atoms with Gasteiger partial charge in [0.05, 0.1) is 12.1 Å². The second-order valence-electron chi connectivity index (χ2n) is 5.58. The Morgan fingerprint density at radius 3 is 2.58 bits per heavy atom. The Morgan fingerprint density at radius 2 is 2.05 bits per heavy atom. The third kappa shape index (κ3) is 3.28. The van der Waals surface area contributed by atoms with Crippen LogP contribution in [0.1, 0.15) is 25.7 Å². The molecule has 0 aromatic carbocycles. The summed E-state index contributed by atoms with van der Waals surface area (Å²) in [7, 11) is 3.66. The Hall–Kier alpha value is -1.07. The molecule has 2 unspecified atom stereocenters. The minimum atomic E-state index is -0.345. The van der Waals surface area contributed by atoms with Crippen molar-refractivity contribution in [3.8, 4) is 0 Å². The number of β-amino-alcohol motifs (C(OH)–C–C–N with tert-alkyl or cyclic N) is 1. The van der Waals surface area contributed by atoms with Crippen LogP contribution in [0.15, 0.2) is 16.8 Å². The van der Waals surface area contributed by atoms with Crippen LogP contribution in [0, 0.1) is 5.92 Å². The number of likely N-dealkylation sites (N-methyl/N-ethyl adjacent to an activating group) is 1. The zero-order valence-electron chi connectivity index (χ0n) is 12.0. The summed E-state index contributed by atoms with van der Waals surface area (Å²) in [5.41, 5.74) is 7.15. The third-order valence-corrected chi connectivity index (χ3v) is 4.34. The van der Waals surface area contributed by atoms with Crippen LogP contribution in [0.4, 0.5) is 0 Å². The fraction of sp³-hybridized carbons (Fsp3) is 0.786. The number of nitrogens with two attached hydrogens (primary N) is 1. The second kappa shape index (κ2) is 6.39. The van der Waals surface area contributed by atoms with E-state index in [-0.39, 0.29) is 12.1 Å². The van der Waals surface area contributed by atoms with Crippen LogP contribution in [0.5, 0.6) is 0 Å². The van der Waals surface area contributed by atoms with Gasteiger partial charge in [0.2, 0.25) is 0 Å². The fourth-order valence-corrected chi connectivity index (χ4v) is 3.08. The molecule has 0 aromatic rings. The second-order valence-corrected chi connectivity index (χ2v) is 5.58. The standard InChI is InChI=1S/C14H26N4O/c1-16-12-8-18(9-13(12)19)14(17-2)7-11(15)10-5-3-4-6-10/h7,10,12-13,16,19H,3-6,8-9,15H2,1-2H3. The number of nitrogens with zero attached hydrogens (tertiary/aromatic N) is 2. The van der Waals surface area contributed by atoms with Crippen molar-refractivity contribution in [3.63, 3.8) is 0 Å². The Bertz CT molecular complexity index is 360. The van der Waals surface area contributed by atoms with Crippen LogP contribution in [0.2, 0.25) is 0 Å². The molecule has 2 fully saturated rings. The molecular weight excluding hydrogens is 240 g/mol. The van der Waals surface area contributed by atoms with Gasteiger partial charge in [-0.2, -0.15) is 0 Å². The zero-order chi connectivity index (χ0) is 13.8. The molecule has 2 rings (SSSR count). The molecule has 1 aliphatic carbocycles. The van der Waals surface area contributed by atoms with Crippen molar-refractivity contribution in [2.24, 2.45) is 16.6 Å². The number of nitrogens with one attached hydrogen (secondary N) is 1. The first kappa shape index (κ1) is 14.3. The molecule has 0 spiro atoms. The van der Waals surface area contributed by atoms with E-state index in [0.717, 1.165) is 18.1 Å². The number of hydrogen-bond donors (Lipinski definition) is 3. The maximum absolute atomic E-state index is 9.94. The first-order chi connectivity index (χ1) is 9.15. The highest BCUT2D eigenvalue weighted by molar-refractivity contribution is 5.93. The maximum Gasteiger partial charge on any atom is 0.125 e. The van der Waals surface area contributed by atoms with Crippen LogP contribution in [0.25, 0.3) is 0 Å². The van der Waals surface area contributed by atoms with Crippen molar-refractivity contribution in [1.82, 2.24) is 10.2 Å². The van der Waals surface area contributed by atoms with E-state index in [1.54, 1.807) is 7.05 Å². The topological polar surface area (TPSA) is 73.9 Å². The minimum absolute atomic E-state index is 0.109. The van der Waals surface area contributed by atoms with Gasteiger partial charge in [-0.1, -0.05) is 12.8 Å². The Kier molecular flexibility index (Phi) is 4.82. The number of aliphatic hydroxyl groups is 1. The highest BCUT2D eigenvalue weighted by Gasteiger charge is 2.31. The predicted octanol–water partition coefficient (Wildman–Crippen LogP) is 0.312.